The molecule has 1 saturated heterocycles. The van der Waals surface area contributed by atoms with Gasteiger partial charge in [0.25, 0.3) is 17.7 Å². The highest BCUT2D eigenvalue weighted by Gasteiger charge is 2.51. The van der Waals surface area contributed by atoms with Gasteiger partial charge in [0.1, 0.15) is 17.2 Å². The number of ketones is 1. The largest absolute Gasteiger partial charge is 0.379 e. The van der Waals surface area contributed by atoms with Crippen molar-refractivity contribution in [2.75, 3.05) is 6.54 Å². The SMILES string of the molecule is CC1=CC[C@@H]2C(=O)N(N(CC(=O)c3ccc(OS(=O)(=O)c4ccc(C)cc4)cc3)C(=O)c3ccc(Cl)cc3)C(=O)[C@H]2C1. The summed E-state index contributed by atoms with van der Waals surface area (Å²) in [4.78, 5) is 53.8. The topological polar surface area (TPSA) is 118 Å². The van der Waals surface area contributed by atoms with Gasteiger partial charge in [0.15, 0.2) is 5.78 Å². The lowest BCUT2D eigenvalue weighted by Gasteiger charge is -2.30. The Labute approximate surface area is 248 Å². The molecule has 9 nitrogen and oxygen atoms in total. The van der Waals surface area contributed by atoms with Gasteiger partial charge in [0, 0.05) is 16.1 Å². The number of imide groups is 1. The van der Waals surface area contributed by atoms with Crippen LogP contribution in [0.3, 0.4) is 0 Å². The summed E-state index contributed by atoms with van der Waals surface area (Å²) in [5.74, 6) is -3.58. The fourth-order valence-corrected chi connectivity index (χ4v) is 6.09. The van der Waals surface area contributed by atoms with Crippen molar-refractivity contribution < 1.29 is 31.8 Å². The van der Waals surface area contributed by atoms with Crippen molar-refractivity contribution >= 4 is 45.2 Å². The van der Waals surface area contributed by atoms with Crippen LogP contribution in [0.15, 0.2) is 89.3 Å². The van der Waals surface area contributed by atoms with Crippen molar-refractivity contribution in [2.24, 2.45) is 11.8 Å². The molecule has 3 amide bonds. The van der Waals surface area contributed by atoms with E-state index in [0.29, 0.717) is 17.9 Å². The summed E-state index contributed by atoms with van der Waals surface area (Å²) in [6, 6.07) is 17.4. The van der Waals surface area contributed by atoms with Gasteiger partial charge in [-0.05, 0) is 87.4 Å². The minimum absolute atomic E-state index is 0.0157. The van der Waals surface area contributed by atoms with Gasteiger partial charge in [0.05, 0.1) is 11.8 Å². The van der Waals surface area contributed by atoms with Gasteiger partial charge in [-0.3, -0.25) is 19.2 Å². The lowest BCUT2D eigenvalue weighted by Crippen LogP contribution is -2.52. The van der Waals surface area contributed by atoms with Gasteiger partial charge < -0.3 is 4.18 Å². The first-order chi connectivity index (χ1) is 19.9. The van der Waals surface area contributed by atoms with E-state index in [4.69, 9.17) is 15.8 Å². The van der Waals surface area contributed by atoms with Crippen molar-refractivity contribution in [3.8, 4) is 5.75 Å². The van der Waals surface area contributed by atoms with Gasteiger partial charge in [-0.1, -0.05) is 40.9 Å². The van der Waals surface area contributed by atoms with E-state index in [1.807, 2.05) is 19.9 Å². The van der Waals surface area contributed by atoms with Crippen molar-refractivity contribution in [2.45, 2.75) is 31.6 Å². The van der Waals surface area contributed by atoms with Gasteiger partial charge in [-0.2, -0.15) is 13.4 Å². The Bertz CT molecular complexity index is 1700. The predicted molar refractivity (Wildman–Crippen MR) is 154 cm³/mol. The molecule has 1 aliphatic heterocycles. The molecule has 2 atom stereocenters. The van der Waals surface area contributed by atoms with Crippen LogP contribution in [0.2, 0.25) is 5.02 Å². The van der Waals surface area contributed by atoms with Crippen LogP contribution in [0.25, 0.3) is 0 Å². The molecule has 11 heteroatoms. The summed E-state index contributed by atoms with van der Waals surface area (Å²) in [6.45, 7) is 3.11. The highest BCUT2D eigenvalue weighted by molar-refractivity contribution is 7.87. The average Bonchev–Trinajstić information content (AvgIpc) is 3.20. The Balaban J connectivity index is 1.39. The molecular weight excluding hydrogens is 580 g/mol. The number of hydrogen-bond donors (Lipinski definition) is 0. The smallest absolute Gasteiger partial charge is 0.339 e. The number of fused-ring (bicyclic) bond motifs is 1. The fraction of sp³-hybridized carbons (Fsp3) is 0.226. The molecule has 1 heterocycles. The van der Waals surface area contributed by atoms with Crippen LogP contribution in [-0.4, -0.2) is 48.5 Å². The van der Waals surface area contributed by atoms with Crippen LogP contribution in [0.4, 0.5) is 0 Å². The molecule has 0 aromatic heterocycles. The molecule has 0 spiro atoms. The molecule has 0 bridgehead atoms. The Hall–Kier alpha value is -4.28. The van der Waals surface area contributed by atoms with Crippen LogP contribution in [0.1, 0.15) is 46.0 Å². The number of halogens is 1. The Morgan fingerprint density at radius 3 is 2.12 bits per heavy atom. The quantitative estimate of drug-likeness (QED) is 0.153. The van der Waals surface area contributed by atoms with E-state index < -0.39 is 52.0 Å². The van der Waals surface area contributed by atoms with Gasteiger partial charge in [-0.25, -0.2) is 5.01 Å². The third-order valence-corrected chi connectivity index (χ3v) is 8.87. The van der Waals surface area contributed by atoms with Crippen LogP contribution < -0.4 is 4.18 Å². The molecule has 0 saturated carbocycles. The number of amides is 3. The fourth-order valence-electron chi connectivity index (χ4n) is 5.04. The monoisotopic (exact) mass is 606 g/mol. The van der Waals surface area contributed by atoms with E-state index in [1.165, 1.54) is 60.7 Å². The van der Waals surface area contributed by atoms with Crippen molar-refractivity contribution in [3.05, 3.63) is 106 Å². The second-order valence-electron chi connectivity index (χ2n) is 10.4. The number of hydrogen-bond acceptors (Lipinski definition) is 7. The van der Waals surface area contributed by atoms with E-state index in [-0.39, 0.29) is 21.8 Å². The molecule has 0 radical (unpaired) electrons. The molecule has 5 rings (SSSR count). The number of benzene rings is 3. The van der Waals surface area contributed by atoms with E-state index in [9.17, 15) is 27.6 Å². The Morgan fingerprint density at radius 1 is 0.881 bits per heavy atom. The molecule has 3 aromatic carbocycles. The zero-order valence-electron chi connectivity index (χ0n) is 22.8. The van der Waals surface area contributed by atoms with Gasteiger partial charge in [-0.15, -0.1) is 0 Å². The second kappa shape index (κ2) is 11.5. The Morgan fingerprint density at radius 2 is 1.48 bits per heavy atom. The summed E-state index contributed by atoms with van der Waals surface area (Å²) in [7, 11) is -4.10. The van der Waals surface area contributed by atoms with Crippen LogP contribution in [-0.2, 0) is 19.7 Å². The number of aryl methyl sites for hydroxylation is 1. The minimum atomic E-state index is -4.10. The first kappa shape index (κ1) is 29.2. The van der Waals surface area contributed by atoms with Crippen LogP contribution in [0.5, 0.6) is 5.75 Å². The summed E-state index contributed by atoms with van der Waals surface area (Å²) in [5, 5.41) is 2.08. The zero-order valence-corrected chi connectivity index (χ0v) is 24.4. The summed E-state index contributed by atoms with van der Waals surface area (Å²) < 4.78 is 30.5. The normalized spacial score (nSPS) is 18.4. The highest BCUT2D eigenvalue weighted by atomic mass is 35.5. The molecule has 1 aliphatic carbocycles. The zero-order chi connectivity index (χ0) is 30.2. The lowest BCUT2D eigenvalue weighted by atomic mass is 9.82. The molecule has 0 N–H and O–H groups in total. The maximum absolute atomic E-state index is 13.6. The maximum atomic E-state index is 13.6. The number of rotatable bonds is 8. The van der Waals surface area contributed by atoms with Crippen molar-refractivity contribution in [1.29, 1.82) is 0 Å². The van der Waals surface area contributed by atoms with Crippen molar-refractivity contribution in [3.63, 3.8) is 0 Å². The first-order valence-electron chi connectivity index (χ1n) is 13.2. The van der Waals surface area contributed by atoms with E-state index in [2.05, 4.69) is 0 Å². The van der Waals surface area contributed by atoms with Crippen LogP contribution in [0, 0.1) is 18.8 Å². The first-order valence-corrected chi connectivity index (χ1v) is 15.0. The second-order valence-corrected chi connectivity index (χ2v) is 12.3. The number of carbonyl (C=O) groups is 4. The average molecular weight is 607 g/mol. The highest BCUT2D eigenvalue weighted by Crippen LogP contribution is 2.38. The lowest BCUT2D eigenvalue weighted by molar-refractivity contribution is -0.154. The standard InChI is InChI=1S/C31H27ClN2O7S/c1-19-3-14-25(15-4-19)42(39,40)41-24-12-8-21(9-13-24)28(35)18-33(29(36)22-6-10-23(32)11-7-22)34-30(37)26-16-5-20(2)17-27(26)31(34)38/h3-15,26-27H,16-18H2,1-2H3/t26-,27-/m0/s1. The predicted octanol–water partition coefficient (Wildman–Crippen LogP) is 5.00. The molecule has 0 unspecified atom stereocenters. The third-order valence-electron chi connectivity index (χ3n) is 7.35. The molecule has 1 fully saturated rings. The molecule has 3 aromatic rings. The summed E-state index contributed by atoms with van der Waals surface area (Å²) in [5.41, 5.74) is 2.14. The molecule has 2 aliphatic rings. The Kier molecular flexibility index (Phi) is 8.03. The van der Waals surface area contributed by atoms with Crippen molar-refractivity contribution in [1.82, 2.24) is 10.0 Å². The van der Waals surface area contributed by atoms with Gasteiger partial charge in [0.2, 0.25) is 0 Å². The maximum Gasteiger partial charge on any atom is 0.339 e. The summed E-state index contributed by atoms with van der Waals surface area (Å²) >= 11 is 5.97. The molecule has 216 valence electrons. The summed E-state index contributed by atoms with van der Waals surface area (Å²) in [6.07, 6.45) is 2.69. The number of hydrazine groups is 1. The number of carbonyl (C=O) groups excluding carboxylic acids is 4. The molecule has 42 heavy (non-hydrogen) atoms. The van der Waals surface area contributed by atoms with Crippen LogP contribution >= 0.6 is 11.6 Å². The van der Waals surface area contributed by atoms with E-state index in [1.54, 1.807) is 12.1 Å². The number of Topliss-reactive ketones (excluding diaryl/α,β-unsaturated/α-hetero) is 1. The number of nitrogens with zero attached hydrogens (tertiary/aromatic N) is 2. The number of allylic oxidation sites excluding steroid dienone is 2. The molecular formula is C31H27ClN2O7S. The third kappa shape index (κ3) is 5.86. The minimum Gasteiger partial charge on any atom is -0.379 e. The van der Waals surface area contributed by atoms with Gasteiger partial charge >= 0.3 is 10.1 Å². The van der Waals surface area contributed by atoms with E-state index >= 15 is 0 Å². The van der Waals surface area contributed by atoms with E-state index in [0.717, 1.165) is 21.2 Å².